The van der Waals surface area contributed by atoms with Crippen molar-refractivity contribution in [2.24, 2.45) is 11.8 Å². The first-order chi connectivity index (χ1) is 9.39. The molecule has 0 saturated carbocycles. The zero-order chi connectivity index (χ0) is 15.2. The summed E-state index contributed by atoms with van der Waals surface area (Å²) in [5, 5.41) is 0. The van der Waals surface area contributed by atoms with Gasteiger partial charge in [0.2, 0.25) is 0 Å². The number of aryl methyl sites for hydroxylation is 1. The average Bonchev–Trinajstić information content (AvgIpc) is 2.43. The molecule has 0 N–H and O–H groups in total. The van der Waals surface area contributed by atoms with Crippen LogP contribution in [-0.4, -0.2) is 15.0 Å². The molecule has 114 valence electrons. The molecule has 20 heavy (non-hydrogen) atoms. The SMILES string of the molecule is CCC(C)CC(CC)COS(=O)(=O)c1ccc(C)cc1. The molecule has 2 atom stereocenters. The number of hydrogen-bond donors (Lipinski definition) is 0. The molecule has 0 amide bonds. The minimum atomic E-state index is -3.62. The van der Waals surface area contributed by atoms with E-state index in [9.17, 15) is 8.42 Å². The van der Waals surface area contributed by atoms with Crippen LogP contribution in [0.15, 0.2) is 29.2 Å². The Balaban J connectivity index is 2.64. The number of hydrogen-bond acceptors (Lipinski definition) is 3. The van der Waals surface area contributed by atoms with Crippen molar-refractivity contribution in [3.63, 3.8) is 0 Å². The van der Waals surface area contributed by atoms with Crippen molar-refractivity contribution < 1.29 is 12.6 Å². The zero-order valence-electron chi connectivity index (χ0n) is 12.9. The fraction of sp³-hybridized carbons (Fsp3) is 0.625. The standard InChI is InChI=1S/C16H26O3S/c1-5-13(3)11-15(6-2)12-19-20(17,18)16-9-7-14(4)8-10-16/h7-10,13,15H,5-6,11-12H2,1-4H3. The van der Waals surface area contributed by atoms with Gasteiger partial charge < -0.3 is 0 Å². The zero-order valence-corrected chi connectivity index (χ0v) is 13.7. The van der Waals surface area contributed by atoms with Gasteiger partial charge in [-0.3, -0.25) is 4.18 Å². The van der Waals surface area contributed by atoms with Crippen molar-refractivity contribution in [1.82, 2.24) is 0 Å². The van der Waals surface area contributed by atoms with Gasteiger partial charge >= 0.3 is 0 Å². The third-order valence-corrected chi connectivity index (χ3v) is 5.07. The molecular formula is C16H26O3S. The molecular weight excluding hydrogens is 272 g/mol. The van der Waals surface area contributed by atoms with E-state index in [2.05, 4.69) is 20.8 Å². The van der Waals surface area contributed by atoms with Crippen LogP contribution in [0.3, 0.4) is 0 Å². The van der Waals surface area contributed by atoms with Crippen molar-refractivity contribution in [1.29, 1.82) is 0 Å². The van der Waals surface area contributed by atoms with Crippen LogP contribution in [0.5, 0.6) is 0 Å². The van der Waals surface area contributed by atoms with Gasteiger partial charge in [-0.1, -0.05) is 51.3 Å². The Morgan fingerprint density at radius 2 is 1.70 bits per heavy atom. The van der Waals surface area contributed by atoms with Crippen LogP contribution in [0, 0.1) is 18.8 Å². The fourth-order valence-electron chi connectivity index (χ4n) is 2.05. The van der Waals surface area contributed by atoms with Crippen molar-refractivity contribution in [2.75, 3.05) is 6.61 Å². The Labute approximate surface area is 123 Å². The fourth-order valence-corrected chi connectivity index (χ4v) is 3.02. The van der Waals surface area contributed by atoms with E-state index in [-0.39, 0.29) is 11.5 Å². The van der Waals surface area contributed by atoms with E-state index < -0.39 is 10.1 Å². The smallest absolute Gasteiger partial charge is 0.266 e. The third kappa shape index (κ3) is 5.25. The van der Waals surface area contributed by atoms with E-state index in [0.29, 0.717) is 11.8 Å². The molecule has 4 heteroatoms. The van der Waals surface area contributed by atoms with Crippen molar-refractivity contribution >= 4 is 10.1 Å². The lowest BCUT2D eigenvalue weighted by Gasteiger charge is -2.18. The average molecular weight is 298 g/mol. The predicted molar refractivity (Wildman–Crippen MR) is 82.2 cm³/mol. The highest BCUT2D eigenvalue weighted by Gasteiger charge is 2.18. The van der Waals surface area contributed by atoms with Crippen molar-refractivity contribution in [2.45, 2.75) is 51.9 Å². The molecule has 1 aromatic rings. The first kappa shape index (κ1) is 17.2. The topological polar surface area (TPSA) is 43.4 Å². The first-order valence-corrected chi connectivity index (χ1v) is 8.76. The lowest BCUT2D eigenvalue weighted by atomic mass is 9.93. The molecule has 1 rings (SSSR count). The maximum Gasteiger partial charge on any atom is 0.296 e. The van der Waals surface area contributed by atoms with Gasteiger partial charge in [0.05, 0.1) is 11.5 Å². The van der Waals surface area contributed by atoms with Gasteiger partial charge in [-0.25, -0.2) is 0 Å². The lowest BCUT2D eigenvalue weighted by Crippen LogP contribution is -2.16. The van der Waals surface area contributed by atoms with Crippen molar-refractivity contribution in [3.8, 4) is 0 Å². The Kier molecular flexibility index (Phi) is 6.69. The third-order valence-electron chi connectivity index (χ3n) is 3.78. The minimum Gasteiger partial charge on any atom is -0.266 e. The van der Waals surface area contributed by atoms with Crippen LogP contribution < -0.4 is 0 Å². The van der Waals surface area contributed by atoms with Gasteiger partial charge in [0, 0.05) is 0 Å². The quantitative estimate of drug-likeness (QED) is 0.677. The Hall–Kier alpha value is -0.870. The van der Waals surface area contributed by atoms with Crippen LogP contribution in [0.1, 0.15) is 45.6 Å². The molecule has 0 bridgehead atoms. The molecule has 0 aliphatic carbocycles. The van der Waals surface area contributed by atoms with Crippen LogP contribution >= 0.6 is 0 Å². The Morgan fingerprint density at radius 1 is 1.10 bits per heavy atom. The maximum atomic E-state index is 12.1. The molecule has 2 unspecified atom stereocenters. The van der Waals surface area contributed by atoms with E-state index in [0.717, 1.165) is 24.8 Å². The molecule has 0 aromatic heterocycles. The van der Waals surface area contributed by atoms with Gasteiger partial charge in [0.1, 0.15) is 0 Å². The Morgan fingerprint density at radius 3 is 2.20 bits per heavy atom. The summed E-state index contributed by atoms with van der Waals surface area (Å²) in [4.78, 5) is 0.237. The van der Waals surface area contributed by atoms with E-state index in [1.807, 2.05) is 6.92 Å². The second-order valence-electron chi connectivity index (χ2n) is 5.58. The molecule has 0 saturated heterocycles. The largest absolute Gasteiger partial charge is 0.296 e. The molecule has 0 radical (unpaired) electrons. The van der Waals surface area contributed by atoms with Crippen LogP contribution in [0.4, 0.5) is 0 Å². The molecule has 1 aromatic carbocycles. The van der Waals surface area contributed by atoms with Crippen LogP contribution in [0.25, 0.3) is 0 Å². The summed E-state index contributed by atoms with van der Waals surface area (Å²) in [6, 6.07) is 6.76. The molecule has 0 fully saturated rings. The van der Waals surface area contributed by atoms with E-state index in [4.69, 9.17) is 4.18 Å². The van der Waals surface area contributed by atoms with Crippen molar-refractivity contribution in [3.05, 3.63) is 29.8 Å². The number of rotatable bonds is 8. The summed E-state index contributed by atoms with van der Waals surface area (Å²) < 4.78 is 29.4. The highest BCUT2D eigenvalue weighted by Crippen LogP contribution is 2.21. The lowest BCUT2D eigenvalue weighted by molar-refractivity contribution is 0.222. The molecule has 3 nitrogen and oxygen atoms in total. The van der Waals surface area contributed by atoms with E-state index >= 15 is 0 Å². The highest BCUT2D eigenvalue weighted by atomic mass is 32.2. The Bertz CT molecular complexity index is 491. The summed E-state index contributed by atoms with van der Waals surface area (Å²) in [7, 11) is -3.62. The van der Waals surface area contributed by atoms with Gasteiger partial charge in [0.15, 0.2) is 0 Å². The summed E-state index contributed by atoms with van der Waals surface area (Å²) in [6.07, 6.45) is 3.06. The summed E-state index contributed by atoms with van der Waals surface area (Å²) in [5.41, 5.74) is 1.03. The monoisotopic (exact) mass is 298 g/mol. The molecule has 0 spiro atoms. The molecule has 0 aliphatic heterocycles. The first-order valence-electron chi connectivity index (χ1n) is 7.35. The second-order valence-corrected chi connectivity index (χ2v) is 7.19. The summed E-state index contributed by atoms with van der Waals surface area (Å²) in [6.45, 7) is 8.63. The summed E-state index contributed by atoms with van der Waals surface area (Å²) >= 11 is 0. The van der Waals surface area contributed by atoms with E-state index in [1.165, 1.54) is 0 Å². The van der Waals surface area contributed by atoms with Gasteiger partial charge in [0.25, 0.3) is 10.1 Å². The van der Waals surface area contributed by atoms with Gasteiger partial charge in [-0.05, 0) is 37.3 Å². The maximum absolute atomic E-state index is 12.1. The normalized spacial score (nSPS) is 15.0. The highest BCUT2D eigenvalue weighted by molar-refractivity contribution is 7.86. The predicted octanol–water partition coefficient (Wildman–Crippen LogP) is 4.16. The van der Waals surface area contributed by atoms with Crippen LogP contribution in [0.2, 0.25) is 0 Å². The molecule has 0 heterocycles. The second kappa shape index (κ2) is 7.79. The van der Waals surface area contributed by atoms with Crippen LogP contribution in [-0.2, 0) is 14.3 Å². The van der Waals surface area contributed by atoms with Gasteiger partial charge in [-0.15, -0.1) is 0 Å². The van der Waals surface area contributed by atoms with E-state index in [1.54, 1.807) is 24.3 Å². The molecule has 0 aliphatic rings. The summed E-state index contributed by atoms with van der Waals surface area (Å²) in [5.74, 6) is 0.899. The number of benzene rings is 1. The van der Waals surface area contributed by atoms with Gasteiger partial charge in [-0.2, -0.15) is 8.42 Å². The minimum absolute atomic E-state index is 0.237.